The van der Waals surface area contributed by atoms with E-state index in [0.717, 1.165) is 19.3 Å². The summed E-state index contributed by atoms with van der Waals surface area (Å²) in [5.74, 6) is -0.291. The van der Waals surface area contributed by atoms with Crippen molar-refractivity contribution in [1.29, 1.82) is 0 Å². The summed E-state index contributed by atoms with van der Waals surface area (Å²) in [6.45, 7) is 0. The van der Waals surface area contributed by atoms with Crippen molar-refractivity contribution in [3.8, 4) is 11.5 Å². The molecule has 0 unspecified atom stereocenters. The van der Waals surface area contributed by atoms with Crippen molar-refractivity contribution in [2.45, 2.75) is 37.6 Å². The van der Waals surface area contributed by atoms with E-state index in [2.05, 4.69) is 0 Å². The number of methoxy groups -OCH3 is 2. The molecule has 1 aromatic rings. The molecule has 0 bridgehead atoms. The van der Waals surface area contributed by atoms with Gasteiger partial charge in [0.25, 0.3) is 5.91 Å². The van der Waals surface area contributed by atoms with Crippen molar-refractivity contribution in [2.24, 2.45) is 0 Å². The number of rotatable bonds is 5. The SMILES string of the molecule is COc1ccc(C(=O)N(C)C2(C(=O)O)CCCCC2)cc1OC. The number of likely N-dealkylation sites (N-methyl/N-ethyl adjacent to an activating group) is 1. The molecule has 1 aliphatic rings. The quantitative estimate of drug-likeness (QED) is 0.902. The number of benzene rings is 1. The van der Waals surface area contributed by atoms with Crippen LogP contribution in [-0.2, 0) is 4.79 Å². The van der Waals surface area contributed by atoms with E-state index in [1.54, 1.807) is 25.2 Å². The number of ether oxygens (including phenoxy) is 2. The van der Waals surface area contributed by atoms with Crippen LogP contribution in [-0.4, -0.2) is 48.7 Å². The Balaban J connectivity index is 2.33. The van der Waals surface area contributed by atoms with Crippen molar-refractivity contribution in [3.05, 3.63) is 23.8 Å². The zero-order chi connectivity index (χ0) is 17.0. The van der Waals surface area contributed by atoms with Gasteiger partial charge >= 0.3 is 5.97 Å². The molecule has 1 N–H and O–H groups in total. The fourth-order valence-corrected chi connectivity index (χ4v) is 3.19. The number of nitrogens with zero attached hydrogens (tertiary/aromatic N) is 1. The third-order valence-corrected chi connectivity index (χ3v) is 4.66. The van der Waals surface area contributed by atoms with Crippen LogP contribution in [0.3, 0.4) is 0 Å². The predicted molar refractivity (Wildman–Crippen MR) is 85.1 cm³/mol. The van der Waals surface area contributed by atoms with Gasteiger partial charge in [-0.05, 0) is 31.0 Å². The molecule has 23 heavy (non-hydrogen) atoms. The minimum Gasteiger partial charge on any atom is -0.493 e. The summed E-state index contributed by atoms with van der Waals surface area (Å²) in [7, 11) is 4.58. The molecule has 0 radical (unpaired) electrons. The lowest BCUT2D eigenvalue weighted by Gasteiger charge is -2.41. The smallest absolute Gasteiger partial charge is 0.329 e. The Labute approximate surface area is 136 Å². The van der Waals surface area contributed by atoms with Crippen LogP contribution in [0.25, 0.3) is 0 Å². The first-order valence-electron chi connectivity index (χ1n) is 7.70. The average molecular weight is 321 g/mol. The van der Waals surface area contributed by atoms with Gasteiger partial charge in [0, 0.05) is 12.6 Å². The maximum Gasteiger partial charge on any atom is 0.329 e. The molecule has 0 aliphatic heterocycles. The molecule has 0 atom stereocenters. The lowest BCUT2D eigenvalue weighted by atomic mass is 9.80. The van der Waals surface area contributed by atoms with Gasteiger partial charge in [0.15, 0.2) is 11.5 Å². The van der Waals surface area contributed by atoms with Crippen molar-refractivity contribution in [1.82, 2.24) is 4.90 Å². The molecule has 1 amide bonds. The summed E-state index contributed by atoms with van der Waals surface area (Å²) < 4.78 is 10.4. The third-order valence-electron chi connectivity index (χ3n) is 4.66. The molecule has 2 rings (SSSR count). The average Bonchev–Trinajstić information content (AvgIpc) is 2.60. The van der Waals surface area contributed by atoms with E-state index in [1.807, 2.05) is 0 Å². The predicted octanol–water partition coefficient (Wildman–Crippen LogP) is 2.56. The molecule has 126 valence electrons. The Hall–Kier alpha value is -2.24. The summed E-state index contributed by atoms with van der Waals surface area (Å²) in [5, 5.41) is 9.70. The van der Waals surface area contributed by atoms with Crippen molar-refractivity contribution in [3.63, 3.8) is 0 Å². The lowest BCUT2D eigenvalue weighted by molar-refractivity contribution is -0.151. The molecule has 0 aromatic heterocycles. The zero-order valence-corrected chi connectivity index (χ0v) is 13.8. The Morgan fingerprint density at radius 2 is 1.70 bits per heavy atom. The van der Waals surface area contributed by atoms with Gasteiger partial charge in [0.2, 0.25) is 0 Å². The van der Waals surface area contributed by atoms with Crippen LogP contribution in [0, 0.1) is 0 Å². The minimum absolute atomic E-state index is 0.324. The van der Waals surface area contributed by atoms with E-state index >= 15 is 0 Å². The minimum atomic E-state index is -1.12. The molecule has 0 saturated heterocycles. The molecular formula is C17H23NO5. The van der Waals surface area contributed by atoms with Gasteiger partial charge in [0.05, 0.1) is 14.2 Å². The first kappa shape index (κ1) is 17.1. The Morgan fingerprint density at radius 3 is 2.22 bits per heavy atom. The van der Waals surface area contributed by atoms with Gasteiger partial charge in [-0.25, -0.2) is 4.79 Å². The number of hydrogen-bond donors (Lipinski definition) is 1. The van der Waals surface area contributed by atoms with Crippen LogP contribution >= 0.6 is 0 Å². The number of hydrogen-bond acceptors (Lipinski definition) is 4. The standard InChI is InChI=1S/C17H23NO5/c1-18(17(16(20)21)9-5-4-6-10-17)15(19)12-7-8-13(22-2)14(11-12)23-3/h7-8,11H,4-6,9-10H2,1-3H3,(H,20,21). The third kappa shape index (κ3) is 3.11. The molecule has 6 nitrogen and oxygen atoms in total. The van der Waals surface area contributed by atoms with Crippen LogP contribution in [0.5, 0.6) is 11.5 Å². The lowest BCUT2D eigenvalue weighted by Crippen LogP contribution is -2.56. The van der Waals surface area contributed by atoms with E-state index in [9.17, 15) is 14.7 Å². The van der Waals surface area contributed by atoms with Gasteiger partial charge in [-0.3, -0.25) is 4.79 Å². The molecule has 0 spiro atoms. The molecule has 0 heterocycles. The maximum absolute atomic E-state index is 12.8. The number of aliphatic carboxylic acids is 1. The topological polar surface area (TPSA) is 76.1 Å². The normalized spacial score (nSPS) is 16.5. The second-order valence-corrected chi connectivity index (χ2v) is 5.83. The zero-order valence-electron chi connectivity index (χ0n) is 13.8. The van der Waals surface area contributed by atoms with Gasteiger partial charge in [-0.15, -0.1) is 0 Å². The molecule has 1 fully saturated rings. The second-order valence-electron chi connectivity index (χ2n) is 5.83. The fraction of sp³-hybridized carbons (Fsp3) is 0.529. The summed E-state index contributed by atoms with van der Waals surface area (Å²) in [6, 6.07) is 4.85. The van der Waals surface area contributed by atoms with E-state index in [0.29, 0.717) is 29.9 Å². The number of carboxylic acids is 1. The highest BCUT2D eigenvalue weighted by molar-refractivity contribution is 5.98. The fourth-order valence-electron chi connectivity index (χ4n) is 3.19. The maximum atomic E-state index is 12.8. The van der Waals surface area contributed by atoms with Crippen LogP contribution in [0.1, 0.15) is 42.5 Å². The summed E-state index contributed by atoms with van der Waals surface area (Å²) in [5.41, 5.74) is -0.737. The van der Waals surface area contributed by atoms with Crippen LogP contribution in [0.2, 0.25) is 0 Å². The van der Waals surface area contributed by atoms with Gasteiger partial charge in [-0.1, -0.05) is 19.3 Å². The monoisotopic (exact) mass is 321 g/mol. The Morgan fingerprint density at radius 1 is 1.09 bits per heavy atom. The largest absolute Gasteiger partial charge is 0.493 e. The first-order chi connectivity index (χ1) is 11.0. The highest BCUT2D eigenvalue weighted by Crippen LogP contribution is 2.35. The molecule has 1 aliphatic carbocycles. The molecule has 6 heteroatoms. The van der Waals surface area contributed by atoms with Crippen LogP contribution < -0.4 is 9.47 Å². The van der Waals surface area contributed by atoms with E-state index in [4.69, 9.17) is 9.47 Å². The number of carbonyl (C=O) groups excluding carboxylic acids is 1. The van der Waals surface area contributed by atoms with E-state index in [-0.39, 0.29) is 5.91 Å². The number of carbonyl (C=O) groups is 2. The second kappa shape index (κ2) is 6.89. The highest BCUT2D eigenvalue weighted by atomic mass is 16.5. The summed E-state index contributed by atoms with van der Waals surface area (Å²) >= 11 is 0. The van der Waals surface area contributed by atoms with E-state index in [1.165, 1.54) is 19.1 Å². The van der Waals surface area contributed by atoms with Crippen LogP contribution in [0.4, 0.5) is 0 Å². The Bertz CT molecular complexity index is 593. The van der Waals surface area contributed by atoms with Crippen molar-refractivity contribution in [2.75, 3.05) is 21.3 Å². The molecule has 1 aromatic carbocycles. The molecule has 1 saturated carbocycles. The summed E-state index contributed by atoms with van der Waals surface area (Å²) in [4.78, 5) is 26.0. The number of carboxylic acid groups (broad SMARTS) is 1. The molecular weight excluding hydrogens is 298 g/mol. The van der Waals surface area contributed by atoms with Crippen molar-refractivity contribution >= 4 is 11.9 Å². The van der Waals surface area contributed by atoms with E-state index < -0.39 is 11.5 Å². The summed E-state index contributed by atoms with van der Waals surface area (Å²) in [6.07, 6.45) is 3.61. The van der Waals surface area contributed by atoms with Crippen molar-refractivity contribution < 1.29 is 24.2 Å². The first-order valence-corrected chi connectivity index (χ1v) is 7.70. The highest BCUT2D eigenvalue weighted by Gasteiger charge is 2.45. The number of amides is 1. The van der Waals surface area contributed by atoms with Gasteiger partial charge in [0.1, 0.15) is 5.54 Å². The van der Waals surface area contributed by atoms with Gasteiger partial charge < -0.3 is 19.5 Å². The van der Waals surface area contributed by atoms with Gasteiger partial charge in [-0.2, -0.15) is 0 Å². The Kier molecular flexibility index (Phi) is 5.13. The van der Waals surface area contributed by atoms with Crippen LogP contribution in [0.15, 0.2) is 18.2 Å².